The van der Waals surface area contributed by atoms with Crippen molar-refractivity contribution < 1.29 is 4.39 Å². The summed E-state index contributed by atoms with van der Waals surface area (Å²) in [5, 5.41) is 3.07. The molecule has 0 unspecified atom stereocenters. The van der Waals surface area contributed by atoms with E-state index in [2.05, 4.69) is 26.2 Å². The van der Waals surface area contributed by atoms with Crippen LogP contribution in [0, 0.1) is 12.7 Å². The van der Waals surface area contributed by atoms with E-state index >= 15 is 0 Å². The third-order valence-corrected chi connectivity index (χ3v) is 2.88. The van der Waals surface area contributed by atoms with Crippen molar-refractivity contribution in [2.45, 2.75) is 13.5 Å². The van der Waals surface area contributed by atoms with Crippen LogP contribution in [0.4, 0.5) is 10.1 Å². The van der Waals surface area contributed by atoms with Gasteiger partial charge in [0.05, 0.1) is 17.9 Å². The minimum Gasteiger partial charge on any atom is -0.377 e. The summed E-state index contributed by atoms with van der Waals surface area (Å²) in [5.41, 5.74) is 2.29. The van der Waals surface area contributed by atoms with E-state index in [0.29, 0.717) is 12.2 Å². The molecule has 0 aliphatic rings. The number of nitrogens with one attached hydrogen (secondary N) is 1. The van der Waals surface area contributed by atoms with Gasteiger partial charge in [0.2, 0.25) is 0 Å². The average molecular weight is 295 g/mol. The molecule has 2 nitrogen and oxygen atoms in total. The van der Waals surface area contributed by atoms with Crippen LogP contribution in [0.5, 0.6) is 0 Å². The number of aryl methyl sites for hydroxylation is 1. The van der Waals surface area contributed by atoms with E-state index < -0.39 is 0 Å². The van der Waals surface area contributed by atoms with Gasteiger partial charge in [0.15, 0.2) is 0 Å². The summed E-state index contributed by atoms with van der Waals surface area (Å²) in [6, 6.07) is 10.7. The summed E-state index contributed by atoms with van der Waals surface area (Å²) >= 11 is 3.30. The highest BCUT2D eigenvalue weighted by atomic mass is 79.9. The molecular weight excluding hydrogens is 283 g/mol. The third kappa shape index (κ3) is 3.03. The van der Waals surface area contributed by atoms with Gasteiger partial charge in [-0.05, 0) is 46.6 Å². The van der Waals surface area contributed by atoms with Crippen molar-refractivity contribution in [2.75, 3.05) is 5.32 Å². The molecule has 0 atom stereocenters. The van der Waals surface area contributed by atoms with Crippen molar-refractivity contribution in [3.63, 3.8) is 0 Å². The molecule has 88 valence electrons. The van der Waals surface area contributed by atoms with E-state index in [1.54, 1.807) is 6.07 Å². The van der Waals surface area contributed by atoms with E-state index in [9.17, 15) is 4.39 Å². The maximum atomic E-state index is 13.5. The number of anilines is 1. The van der Waals surface area contributed by atoms with Crippen LogP contribution in [0.1, 0.15) is 11.3 Å². The molecule has 0 fully saturated rings. The van der Waals surface area contributed by atoms with Gasteiger partial charge in [-0.3, -0.25) is 0 Å². The standard InChI is InChI=1S/C13H12BrFN2/c1-9-4-2-6-11(15)13(9)16-8-10-5-3-7-12(14)17-10/h2-7,16H,8H2,1H3. The van der Waals surface area contributed by atoms with Crippen LogP contribution in [-0.2, 0) is 6.54 Å². The lowest BCUT2D eigenvalue weighted by Gasteiger charge is -2.10. The van der Waals surface area contributed by atoms with Crippen LogP contribution in [0.25, 0.3) is 0 Å². The normalized spacial score (nSPS) is 10.3. The first-order valence-electron chi connectivity index (χ1n) is 5.27. The lowest BCUT2D eigenvalue weighted by atomic mass is 10.2. The molecule has 0 amide bonds. The Kier molecular flexibility index (Phi) is 3.74. The molecular formula is C13H12BrFN2. The number of halogens is 2. The van der Waals surface area contributed by atoms with Gasteiger partial charge >= 0.3 is 0 Å². The van der Waals surface area contributed by atoms with Crippen molar-refractivity contribution in [3.8, 4) is 0 Å². The Labute approximate surface area is 108 Å². The van der Waals surface area contributed by atoms with Crippen molar-refractivity contribution in [1.82, 2.24) is 4.98 Å². The molecule has 0 saturated heterocycles. The highest BCUT2D eigenvalue weighted by Crippen LogP contribution is 2.19. The smallest absolute Gasteiger partial charge is 0.146 e. The van der Waals surface area contributed by atoms with Crippen LogP contribution in [0.3, 0.4) is 0 Å². The third-order valence-electron chi connectivity index (χ3n) is 2.44. The van der Waals surface area contributed by atoms with Gasteiger partial charge in [0.25, 0.3) is 0 Å². The Bertz CT molecular complexity index is 508. The van der Waals surface area contributed by atoms with E-state index in [1.165, 1.54) is 6.07 Å². The van der Waals surface area contributed by atoms with Crippen molar-refractivity contribution in [1.29, 1.82) is 0 Å². The number of pyridine rings is 1. The van der Waals surface area contributed by atoms with Gasteiger partial charge in [-0.1, -0.05) is 18.2 Å². The Morgan fingerprint density at radius 1 is 1.24 bits per heavy atom. The molecule has 1 aromatic carbocycles. The zero-order valence-electron chi connectivity index (χ0n) is 9.37. The van der Waals surface area contributed by atoms with Crippen LogP contribution in [0.2, 0.25) is 0 Å². The molecule has 1 heterocycles. The zero-order chi connectivity index (χ0) is 12.3. The predicted molar refractivity (Wildman–Crippen MR) is 70.4 cm³/mol. The first-order chi connectivity index (χ1) is 8.16. The number of hydrogen-bond acceptors (Lipinski definition) is 2. The zero-order valence-corrected chi connectivity index (χ0v) is 11.0. The summed E-state index contributed by atoms with van der Waals surface area (Å²) in [6.07, 6.45) is 0. The van der Waals surface area contributed by atoms with Crippen LogP contribution >= 0.6 is 15.9 Å². The lowest BCUT2D eigenvalue weighted by molar-refractivity contribution is 0.629. The van der Waals surface area contributed by atoms with Crippen LogP contribution in [0.15, 0.2) is 41.0 Å². The van der Waals surface area contributed by atoms with Gasteiger partial charge in [0, 0.05) is 0 Å². The molecule has 0 aliphatic carbocycles. The Morgan fingerprint density at radius 3 is 2.71 bits per heavy atom. The maximum absolute atomic E-state index is 13.5. The number of hydrogen-bond donors (Lipinski definition) is 1. The van der Waals surface area contributed by atoms with E-state index in [0.717, 1.165) is 15.9 Å². The van der Waals surface area contributed by atoms with Gasteiger partial charge in [0.1, 0.15) is 10.4 Å². The van der Waals surface area contributed by atoms with Crippen molar-refractivity contribution >= 4 is 21.6 Å². The van der Waals surface area contributed by atoms with Gasteiger partial charge in [-0.25, -0.2) is 9.37 Å². The fourth-order valence-corrected chi connectivity index (χ4v) is 1.96. The minimum absolute atomic E-state index is 0.236. The Hall–Kier alpha value is -1.42. The van der Waals surface area contributed by atoms with Crippen molar-refractivity contribution in [2.24, 2.45) is 0 Å². The summed E-state index contributed by atoms with van der Waals surface area (Å²) in [5.74, 6) is -0.236. The number of nitrogens with zero attached hydrogens (tertiary/aromatic N) is 1. The molecule has 0 spiro atoms. The monoisotopic (exact) mass is 294 g/mol. The molecule has 2 aromatic rings. The molecule has 4 heteroatoms. The molecule has 2 rings (SSSR count). The fraction of sp³-hybridized carbons (Fsp3) is 0.154. The molecule has 17 heavy (non-hydrogen) atoms. The van der Waals surface area contributed by atoms with Gasteiger partial charge < -0.3 is 5.32 Å². The summed E-state index contributed by atoms with van der Waals surface area (Å²) in [4.78, 5) is 4.28. The topological polar surface area (TPSA) is 24.9 Å². The summed E-state index contributed by atoms with van der Waals surface area (Å²) in [6.45, 7) is 2.38. The predicted octanol–water partition coefficient (Wildman–Crippen LogP) is 3.90. The second-order valence-corrected chi connectivity index (χ2v) is 4.55. The van der Waals surface area contributed by atoms with Gasteiger partial charge in [-0.2, -0.15) is 0 Å². The van der Waals surface area contributed by atoms with E-state index in [1.807, 2.05) is 31.2 Å². The molecule has 0 aliphatic heterocycles. The van der Waals surface area contributed by atoms with E-state index in [-0.39, 0.29) is 5.82 Å². The van der Waals surface area contributed by atoms with Crippen LogP contribution in [-0.4, -0.2) is 4.98 Å². The van der Waals surface area contributed by atoms with Crippen molar-refractivity contribution in [3.05, 3.63) is 58.1 Å². The maximum Gasteiger partial charge on any atom is 0.146 e. The van der Waals surface area contributed by atoms with Gasteiger partial charge in [-0.15, -0.1) is 0 Å². The van der Waals surface area contributed by atoms with Crippen LogP contribution < -0.4 is 5.32 Å². The molecule has 1 aromatic heterocycles. The number of aromatic nitrogens is 1. The highest BCUT2D eigenvalue weighted by molar-refractivity contribution is 9.10. The highest BCUT2D eigenvalue weighted by Gasteiger charge is 2.04. The summed E-state index contributed by atoms with van der Waals surface area (Å²) in [7, 11) is 0. The summed E-state index contributed by atoms with van der Waals surface area (Å²) < 4.78 is 14.3. The lowest BCUT2D eigenvalue weighted by Crippen LogP contribution is -2.04. The first-order valence-corrected chi connectivity index (χ1v) is 6.06. The fourth-order valence-electron chi connectivity index (χ4n) is 1.58. The second-order valence-electron chi connectivity index (χ2n) is 3.74. The Morgan fingerprint density at radius 2 is 2.00 bits per heavy atom. The number of benzene rings is 1. The largest absolute Gasteiger partial charge is 0.377 e. The first kappa shape index (κ1) is 12.0. The second kappa shape index (κ2) is 5.27. The SMILES string of the molecule is Cc1cccc(F)c1NCc1cccc(Br)n1. The molecule has 0 saturated carbocycles. The minimum atomic E-state index is -0.236. The molecule has 0 radical (unpaired) electrons. The van der Waals surface area contributed by atoms with E-state index in [4.69, 9.17) is 0 Å². The molecule has 0 bridgehead atoms. The average Bonchev–Trinajstić information content (AvgIpc) is 2.28. The Balaban J connectivity index is 2.13. The molecule has 1 N–H and O–H groups in total. The quantitative estimate of drug-likeness (QED) is 0.869. The number of rotatable bonds is 3. The number of para-hydroxylation sites is 1.